The van der Waals surface area contributed by atoms with Crippen LogP contribution < -0.4 is 5.32 Å². The first-order valence-electron chi connectivity index (χ1n) is 5.99. The number of imidazole rings is 1. The lowest BCUT2D eigenvalue weighted by Gasteiger charge is -2.08. The number of aromatic amines is 1. The number of amides is 1. The highest BCUT2D eigenvalue weighted by Crippen LogP contribution is 2.18. The van der Waals surface area contributed by atoms with Crippen molar-refractivity contribution in [2.75, 3.05) is 18.9 Å². The lowest BCUT2D eigenvalue weighted by molar-refractivity contribution is -0.160. The largest absolute Gasteiger partial charge is 0.440 e. The van der Waals surface area contributed by atoms with E-state index < -0.39 is 18.9 Å². The molecule has 0 aliphatic carbocycles. The Kier molecular flexibility index (Phi) is 4.94. The molecule has 0 atom stereocenters. The van der Waals surface area contributed by atoms with Gasteiger partial charge in [0.2, 0.25) is 0 Å². The van der Waals surface area contributed by atoms with Crippen LogP contribution in [0, 0.1) is 0 Å². The summed E-state index contributed by atoms with van der Waals surface area (Å²) in [6.07, 6.45) is -5.60. The van der Waals surface area contributed by atoms with Crippen LogP contribution in [0.25, 0.3) is 11.0 Å². The fourth-order valence-corrected chi connectivity index (χ4v) is 2.24. The number of H-pyrrole nitrogens is 1. The number of alkyl halides is 3. The SMILES string of the molecule is O=C(NCCSc1nc2ccccc2[nH]1)OCC(F)(F)F. The van der Waals surface area contributed by atoms with E-state index >= 15 is 0 Å². The Bertz CT molecular complexity index is 582. The molecule has 21 heavy (non-hydrogen) atoms. The number of ether oxygens (including phenoxy) is 1. The summed E-state index contributed by atoms with van der Waals surface area (Å²) < 4.78 is 39.4. The highest BCUT2D eigenvalue weighted by Gasteiger charge is 2.29. The zero-order valence-electron chi connectivity index (χ0n) is 10.7. The molecule has 2 aromatic rings. The Morgan fingerprint density at radius 3 is 2.86 bits per heavy atom. The lowest BCUT2D eigenvalue weighted by atomic mass is 10.3. The first kappa shape index (κ1) is 15.5. The summed E-state index contributed by atoms with van der Waals surface area (Å²) in [5, 5.41) is 2.92. The van der Waals surface area contributed by atoms with E-state index in [0.717, 1.165) is 11.0 Å². The number of halogens is 3. The first-order valence-corrected chi connectivity index (χ1v) is 6.97. The average molecular weight is 319 g/mol. The van der Waals surface area contributed by atoms with E-state index in [0.29, 0.717) is 10.9 Å². The van der Waals surface area contributed by atoms with Crippen LogP contribution in [0.2, 0.25) is 0 Å². The van der Waals surface area contributed by atoms with E-state index in [-0.39, 0.29) is 6.54 Å². The van der Waals surface area contributed by atoms with Gasteiger partial charge in [-0.3, -0.25) is 0 Å². The molecule has 0 aliphatic rings. The van der Waals surface area contributed by atoms with Crippen molar-refractivity contribution in [2.24, 2.45) is 0 Å². The van der Waals surface area contributed by atoms with Crippen molar-refractivity contribution in [1.29, 1.82) is 0 Å². The highest BCUT2D eigenvalue weighted by atomic mass is 32.2. The van der Waals surface area contributed by atoms with E-state index in [9.17, 15) is 18.0 Å². The number of thioether (sulfide) groups is 1. The fraction of sp³-hybridized carbons (Fsp3) is 0.333. The second kappa shape index (κ2) is 6.70. The number of para-hydroxylation sites is 2. The third-order valence-corrected chi connectivity index (χ3v) is 3.22. The van der Waals surface area contributed by atoms with Crippen LogP contribution in [0.5, 0.6) is 0 Å². The van der Waals surface area contributed by atoms with Gasteiger partial charge in [-0.05, 0) is 12.1 Å². The second-order valence-electron chi connectivity index (χ2n) is 4.03. The number of nitrogens with one attached hydrogen (secondary N) is 2. The van der Waals surface area contributed by atoms with Crippen molar-refractivity contribution in [3.05, 3.63) is 24.3 Å². The van der Waals surface area contributed by atoms with Crippen molar-refractivity contribution in [1.82, 2.24) is 15.3 Å². The number of nitrogens with zero attached hydrogens (tertiary/aromatic N) is 1. The Hall–Kier alpha value is -1.90. The molecule has 0 unspecified atom stereocenters. The molecule has 0 saturated carbocycles. The minimum atomic E-state index is -4.51. The van der Waals surface area contributed by atoms with Gasteiger partial charge in [-0.25, -0.2) is 9.78 Å². The van der Waals surface area contributed by atoms with E-state index in [2.05, 4.69) is 20.0 Å². The maximum atomic E-state index is 11.8. The van der Waals surface area contributed by atoms with Crippen LogP contribution in [0.4, 0.5) is 18.0 Å². The Labute approximate surface area is 122 Å². The number of aromatic nitrogens is 2. The molecule has 0 fully saturated rings. The van der Waals surface area contributed by atoms with Crippen molar-refractivity contribution in [3.63, 3.8) is 0 Å². The Balaban J connectivity index is 1.68. The molecule has 1 heterocycles. The minimum absolute atomic E-state index is 0.179. The Morgan fingerprint density at radius 1 is 1.38 bits per heavy atom. The molecule has 2 rings (SSSR count). The van der Waals surface area contributed by atoms with Crippen molar-refractivity contribution in [3.8, 4) is 0 Å². The number of hydrogen-bond donors (Lipinski definition) is 2. The highest BCUT2D eigenvalue weighted by molar-refractivity contribution is 7.99. The van der Waals surface area contributed by atoms with Crippen molar-refractivity contribution < 1.29 is 22.7 Å². The quantitative estimate of drug-likeness (QED) is 0.657. The van der Waals surface area contributed by atoms with Gasteiger partial charge in [0.15, 0.2) is 11.8 Å². The third-order valence-electron chi connectivity index (χ3n) is 2.34. The first-order chi connectivity index (χ1) is 9.94. The average Bonchev–Trinajstić information content (AvgIpc) is 2.83. The number of carbonyl (C=O) groups excluding carboxylic acids is 1. The van der Waals surface area contributed by atoms with Gasteiger partial charge in [0.25, 0.3) is 0 Å². The molecule has 1 aromatic carbocycles. The number of carbonyl (C=O) groups is 1. The molecule has 114 valence electrons. The fourth-order valence-electron chi connectivity index (χ4n) is 1.50. The molecule has 2 N–H and O–H groups in total. The third kappa shape index (κ3) is 5.18. The standard InChI is InChI=1S/C12H12F3N3O2S/c13-12(14,15)7-20-11(19)16-5-6-21-10-17-8-3-1-2-4-9(8)18-10/h1-4H,5-7H2,(H,16,19)(H,17,18). The predicted molar refractivity (Wildman–Crippen MR) is 72.2 cm³/mol. The summed E-state index contributed by atoms with van der Waals surface area (Å²) in [4.78, 5) is 18.4. The molecule has 0 aliphatic heterocycles. The lowest BCUT2D eigenvalue weighted by Crippen LogP contribution is -2.30. The van der Waals surface area contributed by atoms with Gasteiger partial charge in [-0.2, -0.15) is 13.2 Å². The van der Waals surface area contributed by atoms with E-state index in [1.54, 1.807) is 0 Å². The van der Waals surface area contributed by atoms with E-state index in [1.807, 2.05) is 24.3 Å². The van der Waals surface area contributed by atoms with Crippen LogP contribution in [0.1, 0.15) is 0 Å². The van der Waals surface area contributed by atoms with Gasteiger partial charge in [0, 0.05) is 12.3 Å². The van der Waals surface area contributed by atoms with Gasteiger partial charge < -0.3 is 15.0 Å². The normalized spacial score (nSPS) is 11.6. The summed E-state index contributed by atoms with van der Waals surface area (Å²) in [6, 6.07) is 7.50. The molecular weight excluding hydrogens is 307 g/mol. The number of benzene rings is 1. The van der Waals surface area contributed by atoms with Crippen molar-refractivity contribution >= 4 is 28.9 Å². The van der Waals surface area contributed by atoms with Gasteiger partial charge >= 0.3 is 12.3 Å². The minimum Gasteiger partial charge on any atom is -0.440 e. The monoisotopic (exact) mass is 319 g/mol. The maximum absolute atomic E-state index is 11.8. The molecule has 0 spiro atoms. The second-order valence-corrected chi connectivity index (χ2v) is 5.11. The maximum Gasteiger partial charge on any atom is 0.422 e. The summed E-state index contributed by atoms with van der Waals surface area (Å²) >= 11 is 1.35. The van der Waals surface area contributed by atoms with Gasteiger partial charge in [-0.1, -0.05) is 23.9 Å². The zero-order valence-corrected chi connectivity index (χ0v) is 11.6. The topological polar surface area (TPSA) is 67.0 Å². The van der Waals surface area contributed by atoms with Crippen LogP contribution >= 0.6 is 11.8 Å². The van der Waals surface area contributed by atoms with E-state index in [1.165, 1.54) is 11.8 Å². The molecule has 0 saturated heterocycles. The van der Waals surface area contributed by atoms with Crippen LogP contribution in [-0.4, -0.2) is 41.1 Å². The van der Waals surface area contributed by atoms with E-state index in [4.69, 9.17) is 0 Å². The summed E-state index contributed by atoms with van der Waals surface area (Å²) in [5.41, 5.74) is 1.73. The molecular formula is C12H12F3N3O2S. The summed E-state index contributed by atoms with van der Waals surface area (Å²) in [7, 11) is 0. The van der Waals surface area contributed by atoms with Crippen molar-refractivity contribution in [2.45, 2.75) is 11.3 Å². The number of alkyl carbamates (subject to hydrolysis) is 1. The van der Waals surface area contributed by atoms with Gasteiger partial charge in [-0.15, -0.1) is 0 Å². The number of hydrogen-bond acceptors (Lipinski definition) is 4. The summed E-state index contributed by atoms with van der Waals surface area (Å²) in [6.45, 7) is -1.41. The molecule has 9 heteroatoms. The smallest absolute Gasteiger partial charge is 0.422 e. The molecule has 1 amide bonds. The predicted octanol–water partition coefficient (Wildman–Crippen LogP) is 2.94. The molecule has 0 radical (unpaired) electrons. The molecule has 0 bridgehead atoms. The number of fused-ring (bicyclic) bond motifs is 1. The van der Waals surface area contributed by atoms with Crippen LogP contribution in [-0.2, 0) is 4.74 Å². The molecule has 1 aromatic heterocycles. The van der Waals surface area contributed by atoms with Crippen LogP contribution in [0.15, 0.2) is 29.4 Å². The van der Waals surface area contributed by atoms with Gasteiger partial charge in [0.05, 0.1) is 11.0 Å². The zero-order chi connectivity index (χ0) is 15.3. The van der Waals surface area contributed by atoms with Gasteiger partial charge in [0.1, 0.15) is 0 Å². The Morgan fingerprint density at radius 2 is 2.14 bits per heavy atom. The molecule has 5 nitrogen and oxygen atoms in total. The van der Waals surface area contributed by atoms with Crippen LogP contribution in [0.3, 0.4) is 0 Å². The number of rotatable bonds is 5. The summed E-state index contributed by atoms with van der Waals surface area (Å²) in [5.74, 6) is 0.459.